The van der Waals surface area contributed by atoms with Gasteiger partial charge in [-0.15, -0.1) is 11.6 Å². The highest BCUT2D eigenvalue weighted by molar-refractivity contribution is 6.30. The lowest BCUT2D eigenvalue weighted by atomic mass is 10.1. The first-order valence-corrected chi connectivity index (χ1v) is 9.62. The molecular weight excluding hydrogens is 407 g/mol. The molecule has 6 heteroatoms. The summed E-state index contributed by atoms with van der Waals surface area (Å²) in [5.74, 6) is -0.743. The van der Waals surface area contributed by atoms with Gasteiger partial charge in [0.1, 0.15) is 17.3 Å². The summed E-state index contributed by atoms with van der Waals surface area (Å²) in [6.45, 7) is 1.69. The smallest absolute Gasteiger partial charge is 0.334 e. The van der Waals surface area contributed by atoms with Crippen molar-refractivity contribution in [3.8, 4) is 11.5 Å². The predicted molar refractivity (Wildman–Crippen MR) is 111 cm³/mol. The third-order valence-corrected chi connectivity index (χ3v) is 5.12. The van der Waals surface area contributed by atoms with Crippen molar-refractivity contribution in [1.82, 2.24) is 0 Å². The van der Waals surface area contributed by atoms with Crippen LogP contribution in [0.2, 0.25) is 0 Å². The Kier molecular flexibility index (Phi) is 5.38. The van der Waals surface area contributed by atoms with Crippen LogP contribution in [0.1, 0.15) is 32.4 Å². The van der Waals surface area contributed by atoms with Crippen molar-refractivity contribution in [2.24, 2.45) is 0 Å². The highest BCUT2D eigenvalue weighted by atomic mass is 35.5. The van der Waals surface area contributed by atoms with Gasteiger partial charge >= 0.3 is 5.97 Å². The third kappa shape index (κ3) is 3.84. The molecule has 4 rings (SSSR count). The first kappa shape index (κ1) is 19.9. The number of esters is 1. The number of benzene rings is 3. The molecule has 0 radical (unpaired) electrons. The zero-order chi connectivity index (χ0) is 21.3. The van der Waals surface area contributed by atoms with E-state index in [2.05, 4.69) is 0 Å². The van der Waals surface area contributed by atoms with E-state index in [0.717, 1.165) is 0 Å². The van der Waals surface area contributed by atoms with Crippen LogP contribution in [0.25, 0.3) is 6.08 Å². The molecule has 0 aromatic heterocycles. The van der Waals surface area contributed by atoms with E-state index in [9.17, 15) is 14.0 Å². The number of hydrogen-bond donors (Lipinski definition) is 0. The average molecular weight is 423 g/mol. The third-order valence-electron chi connectivity index (χ3n) is 4.69. The van der Waals surface area contributed by atoms with Gasteiger partial charge in [0.25, 0.3) is 0 Å². The van der Waals surface area contributed by atoms with Crippen molar-refractivity contribution in [2.45, 2.75) is 12.3 Å². The molecule has 0 amide bonds. The number of ether oxygens (including phenoxy) is 2. The van der Waals surface area contributed by atoms with Gasteiger partial charge in [-0.05, 0) is 48.4 Å². The number of alkyl halides is 1. The molecule has 0 spiro atoms. The molecule has 4 nitrogen and oxygen atoms in total. The Hall–Kier alpha value is -3.44. The van der Waals surface area contributed by atoms with E-state index in [4.69, 9.17) is 21.1 Å². The second kappa shape index (κ2) is 8.13. The molecule has 150 valence electrons. The Balaban J connectivity index is 1.58. The van der Waals surface area contributed by atoms with Crippen molar-refractivity contribution in [3.05, 3.63) is 101 Å². The molecule has 3 aromatic carbocycles. The van der Waals surface area contributed by atoms with Crippen LogP contribution in [0.5, 0.6) is 11.5 Å². The molecule has 1 aliphatic heterocycles. The number of allylic oxidation sites excluding steroid dienone is 1. The van der Waals surface area contributed by atoms with E-state index in [0.29, 0.717) is 28.0 Å². The maximum Gasteiger partial charge on any atom is 0.334 e. The van der Waals surface area contributed by atoms with Gasteiger partial charge in [0.15, 0.2) is 11.1 Å². The highest BCUT2D eigenvalue weighted by Crippen LogP contribution is 2.40. The van der Waals surface area contributed by atoms with Gasteiger partial charge in [-0.25, -0.2) is 9.18 Å². The van der Waals surface area contributed by atoms with Crippen molar-refractivity contribution in [2.75, 3.05) is 0 Å². The van der Waals surface area contributed by atoms with Gasteiger partial charge in [-0.1, -0.05) is 42.5 Å². The van der Waals surface area contributed by atoms with Crippen molar-refractivity contribution < 1.29 is 23.5 Å². The molecule has 0 bridgehead atoms. The van der Waals surface area contributed by atoms with E-state index in [1.165, 1.54) is 30.3 Å². The van der Waals surface area contributed by atoms with Gasteiger partial charge in [-0.2, -0.15) is 0 Å². The Bertz CT molecular complexity index is 1170. The molecule has 0 aliphatic carbocycles. The number of carbonyl (C=O) groups excluding carboxylic acids is 2. The summed E-state index contributed by atoms with van der Waals surface area (Å²) in [6.07, 6.45) is 1.47. The molecular formula is C24H16ClFO4. The van der Waals surface area contributed by atoms with Gasteiger partial charge in [-0.3, -0.25) is 4.79 Å². The van der Waals surface area contributed by atoms with Crippen LogP contribution in [0, 0.1) is 12.7 Å². The Morgan fingerprint density at radius 1 is 1.10 bits per heavy atom. The standard InChI is InChI=1S/C24H16ClFO4/c1-14-19(30-24(28)21(25)16-7-3-2-4-8-16)11-10-18-22(27)20(29-23(14)18)13-15-6-5-9-17(26)12-15/h2-13,21H,1H3/b20-13-. The molecule has 3 aromatic rings. The number of carbonyl (C=O) groups is 2. The summed E-state index contributed by atoms with van der Waals surface area (Å²) in [6, 6.07) is 17.8. The van der Waals surface area contributed by atoms with Crippen molar-refractivity contribution in [1.29, 1.82) is 0 Å². The Morgan fingerprint density at radius 2 is 1.87 bits per heavy atom. The summed E-state index contributed by atoms with van der Waals surface area (Å²) < 4.78 is 24.6. The second-order valence-corrected chi connectivity index (χ2v) is 7.19. The van der Waals surface area contributed by atoms with Crippen LogP contribution in [0.15, 0.2) is 72.5 Å². The number of hydrogen-bond acceptors (Lipinski definition) is 4. The molecule has 0 saturated heterocycles. The quantitative estimate of drug-likeness (QED) is 0.236. The van der Waals surface area contributed by atoms with Crippen LogP contribution in [0.4, 0.5) is 4.39 Å². The topological polar surface area (TPSA) is 52.6 Å². The lowest BCUT2D eigenvalue weighted by Gasteiger charge is -2.13. The van der Waals surface area contributed by atoms with Crippen LogP contribution >= 0.6 is 11.6 Å². The van der Waals surface area contributed by atoms with E-state index in [1.54, 1.807) is 43.3 Å². The van der Waals surface area contributed by atoms with E-state index in [-0.39, 0.29) is 17.3 Å². The van der Waals surface area contributed by atoms with E-state index >= 15 is 0 Å². The SMILES string of the molecule is Cc1c(OC(=O)C(Cl)c2ccccc2)ccc2c1O/C(=C\c1cccc(F)c1)C2=O. The zero-order valence-corrected chi connectivity index (χ0v) is 16.7. The maximum absolute atomic E-state index is 13.4. The molecule has 0 N–H and O–H groups in total. The molecule has 30 heavy (non-hydrogen) atoms. The summed E-state index contributed by atoms with van der Waals surface area (Å²) in [5, 5.41) is -0.968. The minimum atomic E-state index is -0.968. The number of halogens is 2. The largest absolute Gasteiger partial charge is 0.452 e. The molecule has 1 atom stereocenters. The summed E-state index contributed by atoms with van der Waals surface area (Å²) in [5.41, 5.74) is 1.97. The minimum Gasteiger partial charge on any atom is -0.452 e. The number of rotatable bonds is 4. The molecule has 0 fully saturated rings. The van der Waals surface area contributed by atoms with Crippen LogP contribution in [-0.4, -0.2) is 11.8 Å². The maximum atomic E-state index is 13.4. The van der Waals surface area contributed by atoms with E-state index in [1.807, 2.05) is 6.07 Å². The first-order chi connectivity index (χ1) is 14.4. The molecule has 0 saturated carbocycles. The van der Waals surface area contributed by atoms with Crippen LogP contribution in [0.3, 0.4) is 0 Å². The van der Waals surface area contributed by atoms with Gasteiger partial charge < -0.3 is 9.47 Å². The minimum absolute atomic E-state index is 0.0710. The molecule has 1 unspecified atom stereocenters. The molecule has 1 aliphatic rings. The average Bonchev–Trinajstić information content (AvgIpc) is 3.06. The summed E-state index contributed by atoms with van der Waals surface area (Å²) in [4.78, 5) is 25.1. The van der Waals surface area contributed by atoms with Crippen molar-refractivity contribution in [3.63, 3.8) is 0 Å². The fourth-order valence-electron chi connectivity index (χ4n) is 3.14. The fraction of sp³-hybridized carbons (Fsp3) is 0.0833. The number of ketones is 1. The van der Waals surface area contributed by atoms with Gasteiger partial charge in [0.2, 0.25) is 5.78 Å². The zero-order valence-electron chi connectivity index (χ0n) is 15.9. The lowest BCUT2D eigenvalue weighted by Crippen LogP contribution is -2.15. The predicted octanol–water partition coefficient (Wildman–Crippen LogP) is 5.64. The highest BCUT2D eigenvalue weighted by Gasteiger charge is 2.31. The summed E-state index contributed by atoms with van der Waals surface area (Å²) >= 11 is 6.23. The van der Waals surface area contributed by atoms with Gasteiger partial charge in [0.05, 0.1) is 5.56 Å². The normalized spacial score (nSPS) is 14.9. The lowest BCUT2D eigenvalue weighted by molar-refractivity contribution is -0.134. The van der Waals surface area contributed by atoms with Crippen LogP contribution < -0.4 is 9.47 Å². The van der Waals surface area contributed by atoms with E-state index < -0.39 is 17.2 Å². The number of Topliss-reactive ketones (excluding diaryl/α,β-unsaturated/α-hetero) is 1. The summed E-state index contributed by atoms with van der Waals surface area (Å²) in [7, 11) is 0. The second-order valence-electron chi connectivity index (χ2n) is 6.75. The Morgan fingerprint density at radius 3 is 2.60 bits per heavy atom. The fourth-order valence-corrected chi connectivity index (χ4v) is 3.33. The monoisotopic (exact) mass is 422 g/mol. The number of fused-ring (bicyclic) bond motifs is 1. The molecule has 1 heterocycles. The first-order valence-electron chi connectivity index (χ1n) is 9.18. The Labute approximate surface area is 177 Å². The van der Waals surface area contributed by atoms with Crippen LogP contribution in [-0.2, 0) is 4.79 Å². The van der Waals surface area contributed by atoms with Gasteiger partial charge in [0, 0.05) is 5.56 Å². The van der Waals surface area contributed by atoms with Crippen molar-refractivity contribution >= 4 is 29.4 Å².